The molecule has 0 heterocycles. The van der Waals surface area contributed by atoms with Crippen molar-refractivity contribution in [1.82, 2.24) is 0 Å². The van der Waals surface area contributed by atoms with Gasteiger partial charge in [0.25, 0.3) is 0 Å². The van der Waals surface area contributed by atoms with Gasteiger partial charge in [0.15, 0.2) is 0 Å². The Balaban J connectivity index is 1.91. The molecule has 1 aliphatic rings. The highest BCUT2D eigenvalue weighted by Gasteiger charge is 2.23. The van der Waals surface area contributed by atoms with Gasteiger partial charge in [0.2, 0.25) is 0 Å². The van der Waals surface area contributed by atoms with Gasteiger partial charge < -0.3 is 9.57 Å². The zero-order chi connectivity index (χ0) is 9.80. The maximum Gasteiger partial charge on any atom is 0.139 e. The lowest BCUT2D eigenvalue weighted by molar-refractivity contribution is 0.131. The minimum absolute atomic E-state index is 0.334. The van der Waals surface area contributed by atoms with Gasteiger partial charge in [-0.1, -0.05) is 5.16 Å². The molecule has 0 spiro atoms. The van der Waals surface area contributed by atoms with Gasteiger partial charge >= 0.3 is 0 Å². The number of benzene rings is 1. The number of methoxy groups -OCH3 is 1. The van der Waals surface area contributed by atoms with Gasteiger partial charge in [0.1, 0.15) is 18.1 Å². The second-order valence-electron chi connectivity index (χ2n) is 3.24. The summed E-state index contributed by atoms with van der Waals surface area (Å²) in [5, 5.41) is 3.77. The molecule has 0 bridgehead atoms. The lowest BCUT2D eigenvalue weighted by Gasteiger charge is -1.98. The first-order valence-corrected chi connectivity index (χ1v) is 4.64. The van der Waals surface area contributed by atoms with Crippen molar-refractivity contribution in [3.05, 3.63) is 29.8 Å². The Morgan fingerprint density at radius 3 is 2.57 bits per heavy atom. The van der Waals surface area contributed by atoms with Crippen molar-refractivity contribution in [1.29, 1.82) is 0 Å². The summed E-state index contributed by atoms with van der Waals surface area (Å²) in [4.78, 5) is 5.10. The fourth-order valence-electron chi connectivity index (χ4n) is 0.993. The minimum atomic E-state index is 0.334. The van der Waals surface area contributed by atoms with Crippen LogP contribution in [-0.4, -0.2) is 19.4 Å². The minimum Gasteiger partial charge on any atom is -0.497 e. The summed E-state index contributed by atoms with van der Waals surface area (Å²) >= 11 is 0. The van der Waals surface area contributed by atoms with Gasteiger partial charge in [-0.05, 0) is 37.1 Å². The number of hydrogen-bond donors (Lipinski definition) is 0. The van der Waals surface area contributed by atoms with E-state index in [0.717, 1.165) is 24.2 Å². The molecule has 1 aliphatic carbocycles. The van der Waals surface area contributed by atoms with Crippen LogP contribution >= 0.6 is 0 Å². The largest absolute Gasteiger partial charge is 0.497 e. The fourth-order valence-corrected chi connectivity index (χ4v) is 0.993. The summed E-state index contributed by atoms with van der Waals surface area (Å²) in [6.45, 7) is 0. The van der Waals surface area contributed by atoms with Crippen LogP contribution in [0.3, 0.4) is 0 Å². The maximum atomic E-state index is 5.10. The summed E-state index contributed by atoms with van der Waals surface area (Å²) in [6.07, 6.45) is 5.39. The lowest BCUT2D eigenvalue weighted by atomic mass is 10.2. The molecule has 1 aromatic rings. The first-order chi connectivity index (χ1) is 6.88. The molecule has 14 heavy (non-hydrogen) atoms. The van der Waals surface area contributed by atoms with E-state index < -0.39 is 0 Å². The molecule has 0 unspecified atom stereocenters. The summed E-state index contributed by atoms with van der Waals surface area (Å²) in [6, 6.07) is 7.52. The summed E-state index contributed by atoms with van der Waals surface area (Å²) in [7, 11) is 1.64. The van der Waals surface area contributed by atoms with Crippen molar-refractivity contribution in [2.45, 2.75) is 18.9 Å². The SMILES string of the molecule is COc1ccc([C]=NOC2CC2)cc1. The van der Waals surface area contributed by atoms with Gasteiger partial charge in [-0.25, -0.2) is 0 Å². The molecule has 3 nitrogen and oxygen atoms in total. The molecule has 1 fully saturated rings. The van der Waals surface area contributed by atoms with Crippen molar-refractivity contribution in [3.8, 4) is 5.75 Å². The van der Waals surface area contributed by atoms with Crippen LogP contribution in [0.2, 0.25) is 0 Å². The van der Waals surface area contributed by atoms with E-state index in [4.69, 9.17) is 9.57 Å². The normalized spacial score (nSPS) is 15.8. The van der Waals surface area contributed by atoms with Crippen molar-refractivity contribution in [2.75, 3.05) is 7.11 Å². The Kier molecular flexibility index (Phi) is 2.68. The molecule has 0 N–H and O–H groups in total. The van der Waals surface area contributed by atoms with E-state index in [1.807, 2.05) is 24.3 Å². The Bertz CT molecular complexity index is 315. The predicted molar refractivity (Wildman–Crippen MR) is 53.6 cm³/mol. The quantitative estimate of drug-likeness (QED) is 0.537. The lowest BCUT2D eigenvalue weighted by Crippen LogP contribution is -1.87. The van der Waals surface area contributed by atoms with Gasteiger partial charge in [-0.2, -0.15) is 0 Å². The van der Waals surface area contributed by atoms with Gasteiger partial charge in [0, 0.05) is 5.56 Å². The molecule has 0 saturated heterocycles. The molecule has 73 valence electrons. The zero-order valence-corrected chi connectivity index (χ0v) is 8.06. The highest BCUT2D eigenvalue weighted by atomic mass is 16.6. The van der Waals surface area contributed by atoms with Gasteiger partial charge in [0.05, 0.1) is 7.11 Å². The molecule has 0 amide bonds. The first-order valence-electron chi connectivity index (χ1n) is 4.64. The van der Waals surface area contributed by atoms with Crippen LogP contribution in [-0.2, 0) is 4.84 Å². The average molecular weight is 190 g/mol. The molecule has 0 aromatic heterocycles. The van der Waals surface area contributed by atoms with E-state index in [0.29, 0.717) is 6.10 Å². The van der Waals surface area contributed by atoms with Crippen molar-refractivity contribution in [3.63, 3.8) is 0 Å². The van der Waals surface area contributed by atoms with Gasteiger partial charge in [-0.15, -0.1) is 0 Å². The van der Waals surface area contributed by atoms with Crippen molar-refractivity contribution < 1.29 is 9.57 Å². The maximum absolute atomic E-state index is 5.10. The van der Waals surface area contributed by atoms with E-state index in [2.05, 4.69) is 11.4 Å². The highest BCUT2D eigenvalue weighted by molar-refractivity contribution is 5.79. The van der Waals surface area contributed by atoms with Gasteiger partial charge in [-0.3, -0.25) is 0 Å². The number of ether oxygens (including phenoxy) is 1. The second kappa shape index (κ2) is 4.13. The molecule has 1 saturated carbocycles. The first kappa shape index (κ1) is 9.06. The van der Waals surface area contributed by atoms with E-state index in [-0.39, 0.29) is 0 Å². The van der Waals surface area contributed by atoms with Crippen LogP contribution < -0.4 is 4.74 Å². The second-order valence-corrected chi connectivity index (χ2v) is 3.24. The Morgan fingerprint density at radius 1 is 1.29 bits per heavy atom. The topological polar surface area (TPSA) is 30.8 Å². The Morgan fingerprint density at radius 2 is 2.00 bits per heavy atom. The third kappa shape index (κ3) is 2.49. The number of hydrogen-bond acceptors (Lipinski definition) is 3. The van der Waals surface area contributed by atoms with Crippen LogP contribution in [0.1, 0.15) is 18.4 Å². The van der Waals surface area contributed by atoms with E-state index >= 15 is 0 Å². The average Bonchev–Trinajstić information content (AvgIpc) is 3.03. The number of rotatable bonds is 4. The van der Waals surface area contributed by atoms with Crippen LogP contribution in [0.5, 0.6) is 5.75 Å². The molecule has 3 heteroatoms. The van der Waals surface area contributed by atoms with Crippen molar-refractivity contribution >= 4 is 6.21 Å². The third-order valence-electron chi connectivity index (χ3n) is 1.99. The highest BCUT2D eigenvalue weighted by Crippen LogP contribution is 2.23. The molecule has 1 aromatic carbocycles. The van der Waals surface area contributed by atoms with Crippen LogP contribution in [0.15, 0.2) is 29.4 Å². The Hall–Kier alpha value is -1.51. The predicted octanol–water partition coefficient (Wildman–Crippen LogP) is 2.09. The molecular weight excluding hydrogens is 178 g/mol. The fraction of sp³-hybridized carbons (Fsp3) is 0.364. The molecule has 0 atom stereocenters. The number of nitrogens with zero attached hydrogens (tertiary/aromatic N) is 1. The van der Waals surface area contributed by atoms with Crippen LogP contribution in [0.25, 0.3) is 0 Å². The smallest absolute Gasteiger partial charge is 0.139 e. The standard InChI is InChI=1S/C11H12NO2/c1-13-10-4-2-9(3-5-10)8-12-14-11-6-7-11/h2-5,11H,6-7H2,1H3. The van der Waals surface area contributed by atoms with Crippen LogP contribution in [0, 0.1) is 0 Å². The van der Waals surface area contributed by atoms with Crippen molar-refractivity contribution in [2.24, 2.45) is 5.16 Å². The van der Waals surface area contributed by atoms with E-state index in [1.165, 1.54) is 0 Å². The van der Waals surface area contributed by atoms with Crippen LogP contribution in [0.4, 0.5) is 0 Å². The summed E-state index contributed by atoms with van der Waals surface area (Å²) < 4.78 is 5.03. The van der Waals surface area contributed by atoms with E-state index in [1.54, 1.807) is 7.11 Å². The molecule has 2 rings (SSSR count). The summed E-state index contributed by atoms with van der Waals surface area (Å²) in [5.74, 6) is 0.832. The third-order valence-corrected chi connectivity index (χ3v) is 1.99. The molecular formula is C11H12NO2. The Labute approximate surface area is 83.3 Å². The monoisotopic (exact) mass is 190 g/mol. The molecule has 0 aliphatic heterocycles. The molecule has 1 radical (unpaired) electrons. The zero-order valence-electron chi connectivity index (χ0n) is 8.06. The van der Waals surface area contributed by atoms with E-state index in [9.17, 15) is 0 Å². The summed E-state index contributed by atoms with van der Waals surface area (Å²) in [5.41, 5.74) is 0.895.